The molecule has 1 saturated carbocycles. The molecule has 0 radical (unpaired) electrons. The van der Waals surface area contributed by atoms with Gasteiger partial charge >= 0.3 is 10.2 Å². The number of nitrogens with zero attached hydrogens (tertiary/aromatic N) is 1. The van der Waals surface area contributed by atoms with Crippen molar-refractivity contribution in [3.63, 3.8) is 0 Å². The molecule has 27 heavy (non-hydrogen) atoms. The van der Waals surface area contributed by atoms with Gasteiger partial charge in [0.1, 0.15) is 0 Å². The molecule has 1 aliphatic carbocycles. The summed E-state index contributed by atoms with van der Waals surface area (Å²) in [6.45, 7) is 0. The van der Waals surface area contributed by atoms with Gasteiger partial charge in [0.15, 0.2) is 0 Å². The van der Waals surface area contributed by atoms with Crippen molar-refractivity contribution in [2.75, 3.05) is 19.4 Å². The van der Waals surface area contributed by atoms with Crippen LogP contribution in [0.15, 0.2) is 54.6 Å². The van der Waals surface area contributed by atoms with Gasteiger partial charge in [0.2, 0.25) is 5.91 Å². The van der Waals surface area contributed by atoms with Crippen molar-refractivity contribution < 1.29 is 18.0 Å². The first kappa shape index (κ1) is 19.1. The van der Waals surface area contributed by atoms with Gasteiger partial charge in [-0.25, -0.2) is 4.72 Å². The minimum Gasteiger partial charge on any atom is -0.326 e. The summed E-state index contributed by atoms with van der Waals surface area (Å²) < 4.78 is 26.3. The number of amides is 2. The summed E-state index contributed by atoms with van der Waals surface area (Å²) in [7, 11) is -1.19. The topological polar surface area (TPSA) is 95.6 Å². The Morgan fingerprint density at radius 3 is 2.22 bits per heavy atom. The van der Waals surface area contributed by atoms with Crippen LogP contribution in [0.5, 0.6) is 0 Å². The Morgan fingerprint density at radius 2 is 1.63 bits per heavy atom. The number of hydrogen-bond acceptors (Lipinski definition) is 4. The summed E-state index contributed by atoms with van der Waals surface area (Å²) in [5, 5.41) is 2.84. The Hall–Kier alpha value is -2.71. The predicted octanol–water partition coefficient (Wildman–Crippen LogP) is 1.96. The van der Waals surface area contributed by atoms with Crippen molar-refractivity contribution in [1.29, 1.82) is 0 Å². The van der Waals surface area contributed by atoms with Crippen molar-refractivity contribution in [2.24, 2.45) is 5.92 Å². The van der Waals surface area contributed by atoms with E-state index in [2.05, 4.69) is 5.32 Å². The van der Waals surface area contributed by atoms with Gasteiger partial charge in [-0.15, -0.1) is 0 Å². The van der Waals surface area contributed by atoms with Gasteiger partial charge in [-0.3, -0.25) is 9.59 Å². The second-order valence-corrected chi connectivity index (χ2v) is 8.53. The van der Waals surface area contributed by atoms with E-state index >= 15 is 0 Å². The largest absolute Gasteiger partial charge is 0.326 e. The molecule has 2 aromatic carbocycles. The quantitative estimate of drug-likeness (QED) is 0.792. The van der Waals surface area contributed by atoms with E-state index in [4.69, 9.17) is 0 Å². The molecule has 2 atom stereocenters. The van der Waals surface area contributed by atoms with E-state index in [1.807, 2.05) is 35.1 Å². The zero-order chi connectivity index (χ0) is 19.6. The molecule has 8 heteroatoms. The molecule has 0 bridgehead atoms. The summed E-state index contributed by atoms with van der Waals surface area (Å²) in [5.74, 6) is -0.600. The third-order valence-electron chi connectivity index (χ3n) is 4.47. The average molecular weight is 387 g/mol. The Balaban J connectivity index is 1.58. The molecule has 0 spiro atoms. The predicted molar refractivity (Wildman–Crippen MR) is 102 cm³/mol. The van der Waals surface area contributed by atoms with Crippen LogP contribution >= 0.6 is 0 Å². The van der Waals surface area contributed by atoms with Gasteiger partial charge in [0.25, 0.3) is 5.91 Å². The lowest BCUT2D eigenvalue weighted by Crippen LogP contribution is -2.39. The monoisotopic (exact) mass is 387 g/mol. The number of benzene rings is 2. The summed E-state index contributed by atoms with van der Waals surface area (Å²) in [4.78, 5) is 24.4. The van der Waals surface area contributed by atoms with Crippen molar-refractivity contribution in [3.05, 3.63) is 65.7 Å². The SMILES string of the molecule is CN(C)S(=O)(=O)NC(=O)c1ccc(NC(=O)[C@@H]2C[C@H]2c2ccccc2)cc1. The number of rotatable bonds is 6. The number of nitrogens with one attached hydrogen (secondary N) is 2. The standard InChI is InChI=1S/C19H21N3O4S/c1-22(2)27(25,26)21-18(23)14-8-10-15(11-9-14)20-19(24)17-12-16(17)13-6-4-3-5-7-13/h3-11,16-17H,12H2,1-2H3,(H,20,24)(H,21,23)/t16-,17+/m0/s1. The molecule has 2 aromatic rings. The van der Waals surface area contributed by atoms with Gasteiger partial charge in [0.05, 0.1) is 0 Å². The van der Waals surface area contributed by atoms with Gasteiger partial charge in [0, 0.05) is 31.3 Å². The normalized spacial score (nSPS) is 18.8. The van der Waals surface area contributed by atoms with E-state index < -0.39 is 16.1 Å². The highest BCUT2D eigenvalue weighted by atomic mass is 32.2. The minimum absolute atomic E-state index is 0.0550. The van der Waals surface area contributed by atoms with E-state index in [0.717, 1.165) is 16.3 Å². The average Bonchev–Trinajstić information content (AvgIpc) is 3.43. The second kappa shape index (κ2) is 7.50. The number of anilines is 1. The Morgan fingerprint density at radius 1 is 1.00 bits per heavy atom. The molecule has 0 unspecified atom stereocenters. The molecule has 3 rings (SSSR count). The second-order valence-electron chi connectivity index (χ2n) is 6.64. The van der Waals surface area contributed by atoms with Crippen molar-refractivity contribution in [1.82, 2.24) is 9.03 Å². The molecule has 0 heterocycles. The van der Waals surface area contributed by atoms with Crippen molar-refractivity contribution in [2.45, 2.75) is 12.3 Å². The Bertz CT molecular complexity index is 941. The lowest BCUT2D eigenvalue weighted by molar-refractivity contribution is -0.117. The molecule has 0 saturated heterocycles. The summed E-state index contributed by atoms with van der Waals surface area (Å²) in [6.07, 6.45) is 0.818. The van der Waals surface area contributed by atoms with Crippen molar-refractivity contribution in [3.8, 4) is 0 Å². The molecule has 0 aromatic heterocycles. The maximum atomic E-state index is 12.4. The molecule has 2 amide bonds. The van der Waals surface area contributed by atoms with Gasteiger partial charge in [-0.05, 0) is 42.2 Å². The fourth-order valence-electron chi connectivity index (χ4n) is 2.76. The molecule has 0 aliphatic heterocycles. The van der Waals surface area contributed by atoms with E-state index in [-0.39, 0.29) is 23.3 Å². The highest BCUT2D eigenvalue weighted by molar-refractivity contribution is 7.87. The molecular formula is C19H21N3O4S. The van der Waals surface area contributed by atoms with Crippen LogP contribution in [0, 0.1) is 5.92 Å². The summed E-state index contributed by atoms with van der Waals surface area (Å²) in [6, 6.07) is 16.0. The van der Waals surface area contributed by atoms with E-state index in [1.54, 1.807) is 12.1 Å². The third kappa shape index (κ3) is 4.53. The van der Waals surface area contributed by atoms with E-state index in [1.165, 1.54) is 26.2 Å². The minimum atomic E-state index is -3.85. The van der Waals surface area contributed by atoms with Crippen LogP contribution in [0.2, 0.25) is 0 Å². The van der Waals surface area contributed by atoms with Crippen LogP contribution in [0.25, 0.3) is 0 Å². The maximum Gasteiger partial charge on any atom is 0.303 e. The molecule has 7 nitrogen and oxygen atoms in total. The molecule has 1 aliphatic rings. The lowest BCUT2D eigenvalue weighted by atomic mass is 10.1. The van der Waals surface area contributed by atoms with E-state index in [9.17, 15) is 18.0 Å². The summed E-state index contributed by atoms with van der Waals surface area (Å²) in [5.41, 5.74) is 1.91. The van der Waals surface area contributed by atoms with Gasteiger partial charge < -0.3 is 5.32 Å². The van der Waals surface area contributed by atoms with Crippen LogP contribution in [-0.2, 0) is 15.0 Å². The maximum absolute atomic E-state index is 12.4. The highest BCUT2D eigenvalue weighted by Crippen LogP contribution is 2.47. The number of carbonyl (C=O) groups excluding carboxylic acids is 2. The zero-order valence-electron chi connectivity index (χ0n) is 15.0. The Kier molecular flexibility index (Phi) is 5.29. The Labute approximate surface area is 158 Å². The summed E-state index contributed by atoms with van der Waals surface area (Å²) >= 11 is 0. The highest BCUT2D eigenvalue weighted by Gasteiger charge is 2.43. The zero-order valence-corrected chi connectivity index (χ0v) is 15.9. The molecule has 1 fully saturated rings. The smallest absolute Gasteiger partial charge is 0.303 e. The molecule has 2 N–H and O–H groups in total. The van der Waals surface area contributed by atoms with Crippen LogP contribution in [0.1, 0.15) is 28.3 Å². The van der Waals surface area contributed by atoms with Gasteiger partial charge in [-0.2, -0.15) is 12.7 Å². The van der Waals surface area contributed by atoms with Crippen LogP contribution in [0.4, 0.5) is 5.69 Å². The fourth-order valence-corrected chi connectivity index (χ4v) is 3.30. The van der Waals surface area contributed by atoms with Gasteiger partial charge in [-0.1, -0.05) is 30.3 Å². The van der Waals surface area contributed by atoms with Crippen LogP contribution < -0.4 is 10.0 Å². The fraction of sp³-hybridized carbons (Fsp3) is 0.263. The molecular weight excluding hydrogens is 366 g/mol. The van der Waals surface area contributed by atoms with Crippen molar-refractivity contribution >= 4 is 27.7 Å². The number of hydrogen-bond donors (Lipinski definition) is 2. The third-order valence-corrected chi connectivity index (χ3v) is 5.88. The molecule has 142 valence electrons. The lowest BCUT2D eigenvalue weighted by Gasteiger charge is -2.12. The number of carbonyl (C=O) groups is 2. The van der Waals surface area contributed by atoms with Crippen LogP contribution in [-0.4, -0.2) is 38.6 Å². The first-order chi connectivity index (χ1) is 12.8. The van der Waals surface area contributed by atoms with Crippen LogP contribution in [0.3, 0.4) is 0 Å². The van der Waals surface area contributed by atoms with E-state index in [0.29, 0.717) is 5.69 Å². The first-order valence-corrected chi connectivity index (χ1v) is 9.92. The first-order valence-electron chi connectivity index (χ1n) is 8.48.